The van der Waals surface area contributed by atoms with Crippen LogP contribution < -0.4 is 10.6 Å². The van der Waals surface area contributed by atoms with E-state index in [4.69, 9.17) is 9.98 Å². The number of nitrogens with one attached hydrogen (secondary N) is 2. The highest BCUT2D eigenvalue weighted by Gasteiger charge is 2.15. The normalized spacial score (nSPS) is 17.0. The van der Waals surface area contributed by atoms with Crippen LogP contribution >= 0.6 is 0 Å². The van der Waals surface area contributed by atoms with E-state index in [0.717, 1.165) is 0 Å². The molecule has 0 aliphatic carbocycles. The zero-order chi connectivity index (χ0) is 34.2. The van der Waals surface area contributed by atoms with Crippen molar-refractivity contribution in [3.8, 4) is 0 Å². The summed E-state index contributed by atoms with van der Waals surface area (Å²) in [7, 11) is 0. The summed E-state index contributed by atoms with van der Waals surface area (Å²) in [6, 6.07) is 26.5. The summed E-state index contributed by atoms with van der Waals surface area (Å²) in [5, 5.41) is 46.8. The summed E-state index contributed by atoms with van der Waals surface area (Å²) in [4.78, 5) is 31.1. The van der Waals surface area contributed by atoms with Crippen molar-refractivity contribution in [3.05, 3.63) is 140 Å². The van der Waals surface area contributed by atoms with Crippen molar-refractivity contribution in [2.45, 2.75) is 27.7 Å². The number of nitro groups is 2. The van der Waals surface area contributed by atoms with E-state index in [0.29, 0.717) is 68.3 Å². The molecule has 0 spiro atoms. The molecule has 0 saturated carbocycles. The number of non-ortho nitro benzene ring substituents is 2. The molecule has 0 radical (unpaired) electrons. The Morgan fingerprint density at radius 1 is 0.521 bits per heavy atom. The number of allylic oxidation sites excluding steroid dienone is 4. The molecule has 4 aromatic carbocycles. The average Bonchev–Trinajstić information content (AvgIpc) is 3.06. The maximum atomic E-state index is 11.1. The van der Waals surface area contributed by atoms with Crippen LogP contribution in [0.2, 0.25) is 0 Å². The van der Waals surface area contributed by atoms with Gasteiger partial charge in [-0.2, -0.15) is 10.2 Å². The Morgan fingerprint density at radius 3 is 1.23 bits per heavy atom. The van der Waals surface area contributed by atoms with Gasteiger partial charge in [-0.15, -0.1) is 10.2 Å². The number of hydrogen-bond donors (Lipinski definition) is 2. The monoisotopic (exact) mass is 642 g/mol. The lowest BCUT2D eigenvalue weighted by atomic mass is 10.2. The van der Waals surface area contributed by atoms with Crippen molar-refractivity contribution in [2.24, 2.45) is 30.4 Å². The first-order valence-corrected chi connectivity index (χ1v) is 14.7. The third-order valence-corrected chi connectivity index (χ3v) is 7.08. The van der Waals surface area contributed by atoms with E-state index in [-0.39, 0.29) is 11.4 Å². The highest BCUT2D eigenvalue weighted by atomic mass is 16.6. The van der Waals surface area contributed by atoms with Gasteiger partial charge in [0, 0.05) is 35.7 Å². The van der Waals surface area contributed by atoms with Crippen LogP contribution in [0.4, 0.5) is 45.5 Å². The molecule has 1 aliphatic heterocycles. The molecule has 48 heavy (non-hydrogen) atoms. The van der Waals surface area contributed by atoms with E-state index in [1.165, 1.54) is 48.5 Å². The zero-order valence-corrected chi connectivity index (χ0v) is 26.4. The molecule has 14 nitrogen and oxygen atoms in total. The van der Waals surface area contributed by atoms with E-state index >= 15 is 0 Å². The molecule has 0 amide bonds. The van der Waals surface area contributed by atoms with Gasteiger partial charge in [0.25, 0.3) is 11.4 Å². The minimum Gasteiger partial charge on any atom is -0.355 e. The summed E-state index contributed by atoms with van der Waals surface area (Å²) in [5.41, 5.74) is 6.66. The second-order valence-electron chi connectivity index (χ2n) is 10.6. The molecule has 0 saturated heterocycles. The van der Waals surface area contributed by atoms with E-state index in [9.17, 15) is 20.2 Å². The molecule has 0 unspecified atom stereocenters. The van der Waals surface area contributed by atoms with Crippen LogP contribution in [0.5, 0.6) is 0 Å². The zero-order valence-electron chi connectivity index (χ0n) is 26.4. The third kappa shape index (κ3) is 7.92. The van der Waals surface area contributed by atoms with Crippen molar-refractivity contribution in [2.75, 3.05) is 10.6 Å². The fourth-order valence-corrected chi connectivity index (χ4v) is 4.68. The van der Waals surface area contributed by atoms with Gasteiger partial charge in [-0.1, -0.05) is 24.3 Å². The van der Waals surface area contributed by atoms with Crippen LogP contribution in [0.3, 0.4) is 0 Å². The van der Waals surface area contributed by atoms with Crippen molar-refractivity contribution in [3.63, 3.8) is 0 Å². The molecular formula is C34H30N10O4. The van der Waals surface area contributed by atoms with E-state index in [1.54, 1.807) is 0 Å². The Bertz CT molecular complexity index is 1910. The van der Waals surface area contributed by atoms with Crippen molar-refractivity contribution in [1.29, 1.82) is 0 Å². The SMILES string of the molecule is CC1=Nc2ccccc2N/C(C)=C(/N=Nc2ccc([N+](=O)[O-])cc2)C(C)=Nc2ccccc2N/C(C)=C\1N=Nc1ccc([N+](=O)[O-])cc1. The molecule has 1 aliphatic rings. The number of benzene rings is 4. The first-order chi connectivity index (χ1) is 23.1. The molecular weight excluding hydrogens is 612 g/mol. The summed E-state index contributed by atoms with van der Waals surface area (Å²) in [6.45, 7) is 7.33. The number of anilines is 2. The van der Waals surface area contributed by atoms with Crippen LogP contribution in [0.1, 0.15) is 27.7 Å². The number of nitrogens with zero attached hydrogens (tertiary/aromatic N) is 8. The minimum atomic E-state index is -0.471. The van der Waals surface area contributed by atoms with Crippen LogP contribution in [0, 0.1) is 20.2 Å². The van der Waals surface area contributed by atoms with Gasteiger partial charge in [-0.05, 0) is 76.2 Å². The molecule has 0 atom stereocenters. The maximum Gasteiger partial charge on any atom is 0.269 e. The van der Waals surface area contributed by atoms with Gasteiger partial charge in [-0.25, -0.2) is 9.98 Å². The van der Waals surface area contributed by atoms with Crippen LogP contribution in [0.25, 0.3) is 0 Å². The number of fused-ring (bicyclic) bond motifs is 2. The Kier molecular flexibility index (Phi) is 9.94. The quantitative estimate of drug-likeness (QED) is 0.120. The Hall–Kier alpha value is -6.70. The minimum absolute atomic E-state index is 0.0429. The largest absolute Gasteiger partial charge is 0.355 e. The van der Waals surface area contributed by atoms with E-state index < -0.39 is 9.85 Å². The number of aliphatic imine (C=N–C) groups is 2. The maximum absolute atomic E-state index is 11.1. The second-order valence-corrected chi connectivity index (χ2v) is 10.6. The summed E-state index contributed by atoms with van der Waals surface area (Å²) in [5.74, 6) is 0. The number of hydrogen-bond acceptors (Lipinski definition) is 12. The fraction of sp³-hybridized carbons (Fsp3) is 0.118. The smallest absolute Gasteiger partial charge is 0.269 e. The van der Waals surface area contributed by atoms with Gasteiger partial charge in [0.05, 0.1) is 55.4 Å². The fourth-order valence-electron chi connectivity index (χ4n) is 4.68. The number of rotatable bonds is 6. The standard InChI is InChI=1S/C34H30N10O4/c1-21-33(41-39-25-13-17-27(18-14-25)43(45)46)22(2)36-31-11-7-8-12-32(31)38-24(4)34(23(3)37-30-10-6-5-9-29(30)35-21)42-40-26-15-19-28(20-16-26)44(47)48/h5-20,35,38H,1-4H3/b33-21+,34-24+,36-22?,37-23?,41-39?,42-40?. The molecule has 2 N–H and O–H groups in total. The average molecular weight is 643 g/mol. The summed E-state index contributed by atoms with van der Waals surface area (Å²) in [6.07, 6.45) is 0. The van der Waals surface area contributed by atoms with E-state index in [1.807, 2.05) is 76.2 Å². The lowest BCUT2D eigenvalue weighted by Gasteiger charge is -2.16. The van der Waals surface area contributed by atoms with Crippen molar-refractivity contribution >= 4 is 56.9 Å². The van der Waals surface area contributed by atoms with Crippen LogP contribution in [0.15, 0.2) is 150 Å². The molecule has 4 aromatic rings. The van der Waals surface area contributed by atoms with Crippen molar-refractivity contribution in [1.82, 2.24) is 0 Å². The molecule has 240 valence electrons. The molecule has 0 bridgehead atoms. The first kappa shape index (κ1) is 32.7. The molecule has 14 heteroatoms. The molecule has 0 fully saturated rings. The van der Waals surface area contributed by atoms with Crippen LogP contribution in [-0.4, -0.2) is 21.3 Å². The Morgan fingerprint density at radius 2 is 0.875 bits per heavy atom. The first-order valence-electron chi connectivity index (χ1n) is 14.7. The third-order valence-electron chi connectivity index (χ3n) is 7.08. The Balaban J connectivity index is 1.62. The number of nitro benzene ring substituents is 2. The lowest BCUT2D eigenvalue weighted by Crippen LogP contribution is -2.08. The summed E-state index contributed by atoms with van der Waals surface area (Å²) < 4.78 is 0. The number of azo groups is 2. The van der Waals surface area contributed by atoms with E-state index in [2.05, 4.69) is 31.1 Å². The molecule has 5 rings (SSSR count). The van der Waals surface area contributed by atoms with Crippen LogP contribution in [-0.2, 0) is 0 Å². The topological polar surface area (TPSA) is 184 Å². The highest BCUT2D eigenvalue weighted by Crippen LogP contribution is 2.32. The molecule has 1 heterocycles. The van der Waals surface area contributed by atoms with Gasteiger partial charge in [0.15, 0.2) is 0 Å². The Labute approximate surface area is 275 Å². The summed E-state index contributed by atoms with van der Waals surface area (Å²) >= 11 is 0. The van der Waals surface area contributed by atoms with Gasteiger partial charge >= 0.3 is 0 Å². The number of para-hydroxylation sites is 4. The predicted octanol–water partition coefficient (Wildman–Crippen LogP) is 10.3. The van der Waals surface area contributed by atoms with Gasteiger partial charge in [-0.3, -0.25) is 20.2 Å². The predicted molar refractivity (Wildman–Crippen MR) is 186 cm³/mol. The molecule has 0 aromatic heterocycles. The van der Waals surface area contributed by atoms with Gasteiger partial charge in [0.2, 0.25) is 0 Å². The van der Waals surface area contributed by atoms with Gasteiger partial charge < -0.3 is 10.6 Å². The van der Waals surface area contributed by atoms with Gasteiger partial charge in [0.1, 0.15) is 11.4 Å². The second kappa shape index (κ2) is 14.6. The lowest BCUT2D eigenvalue weighted by molar-refractivity contribution is -0.385. The highest BCUT2D eigenvalue weighted by molar-refractivity contribution is 6.03. The van der Waals surface area contributed by atoms with Crippen molar-refractivity contribution < 1.29 is 9.85 Å².